The Bertz CT molecular complexity index is 1100. The van der Waals surface area contributed by atoms with Crippen LogP contribution in [0.2, 0.25) is 0 Å². The van der Waals surface area contributed by atoms with Crippen molar-refractivity contribution < 1.29 is 24.5 Å². The summed E-state index contributed by atoms with van der Waals surface area (Å²) in [5.41, 5.74) is 4.44. The van der Waals surface area contributed by atoms with E-state index in [4.69, 9.17) is 9.47 Å². The van der Waals surface area contributed by atoms with Crippen molar-refractivity contribution in [2.24, 2.45) is 4.99 Å². The molecule has 3 aromatic rings. The average molecular weight is 394 g/mol. The van der Waals surface area contributed by atoms with Gasteiger partial charge in [0.05, 0.1) is 30.6 Å². The Labute approximate surface area is 167 Å². The Morgan fingerprint density at radius 1 is 1.21 bits per heavy atom. The second-order valence-electron chi connectivity index (χ2n) is 7.07. The van der Waals surface area contributed by atoms with E-state index in [-0.39, 0.29) is 5.88 Å². The molecule has 0 radical (unpaired) electrons. The van der Waals surface area contributed by atoms with Crippen molar-refractivity contribution in [1.29, 1.82) is 0 Å². The van der Waals surface area contributed by atoms with E-state index in [2.05, 4.69) is 9.98 Å². The molecule has 2 unspecified atom stereocenters. The molecule has 3 N–H and O–H groups in total. The molecule has 0 aliphatic carbocycles. The number of carbonyl (C=O) groups is 1. The highest BCUT2D eigenvalue weighted by Crippen LogP contribution is 2.32. The van der Waals surface area contributed by atoms with Crippen molar-refractivity contribution in [2.45, 2.75) is 32.3 Å². The third-order valence-corrected chi connectivity index (χ3v) is 5.26. The van der Waals surface area contributed by atoms with E-state index in [1.807, 2.05) is 42.5 Å². The Balaban J connectivity index is 1.95. The van der Waals surface area contributed by atoms with Crippen molar-refractivity contribution in [3.8, 4) is 5.88 Å². The summed E-state index contributed by atoms with van der Waals surface area (Å²) in [6.45, 7) is 2.71. The predicted molar refractivity (Wildman–Crippen MR) is 108 cm³/mol. The standard InChI is InChI=1S/C22H22N2O5/c1-12(28-2)19(22(26)27)24-20(13-7-8-14-10-29-11-15(14)9-13)18-16-5-3-4-6-17(16)23-21(18)25/h3-9,12,19,23,25H,10-11H2,1-2H3,(H,26,27). The molecular formula is C22H22N2O5. The molecule has 0 saturated carbocycles. The number of carboxylic acid groups (broad SMARTS) is 1. The van der Waals surface area contributed by atoms with Crippen LogP contribution in [0.25, 0.3) is 10.9 Å². The van der Waals surface area contributed by atoms with Crippen molar-refractivity contribution in [1.82, 2.24) is 4.98 Å². The van der Waals surface area contributed by atoms with Crippen LogP contribution in [-0.2, 0) is 27.5 Å². The predicted octanol–water partition coefficient (Wildman–Crippen LogP) is 3.23. The summed E-state index contributed by atoms with van der Waals surface area (Å²) in [6.07, 6.45) is -0.646. The van der Waals surface area contributed by atoms with Crippen LogP contribution in [0.1, 0.15) is 29.2 Å². The second kappa shape index (κ2) is 7.69. The number of nitrogens with one attached hydrogen (secondary N) is 1. The lowest BCUT2D eigenvalue weighted by Crippen LogP contribution is -2.33. The summed E-state index contributed by atoms with van der Waals surface area (Å²) < 4.78 is 10.7. The molecule has 2 heterocycles. The zero-order chi connectivity index (χ0) is 20.5. The number of nitrogens with zero attached hydrogens (tertiary/aromatic N) is 1. The van der Waals surface area contributed by atoms with E-state index >= 15 is 0 Å². The molecule has 7 heteroatoms. The molecule has 0 fully saturated rings. The number of benzene rings is 2. The minimum atomic E-state index is -1.13. The van der Waals surface area contributed by atoms with Gasteiger partial charge in [-0.25, -0.2) is 4.79 Å². The zero-order valence-corrected chi connectivity index (χ0v) is 16.2. The number of aliphatic imine (C=N–C) groups is 1. The summed E-state index contributed by atoms with van der Waals surface area (Å²) in [7, 11) is 1.45. The molecule has 1 aromatic heterocycles. The Morgan fingerprint density at radius 3 is 2.72 bits per heavy atom. The van der Waals surface area contributed by atoms with Gasteiger partial charge >= 0.3 is 5.97 Å². The van der Waals surface area contributed by atoms with Crippen LogP contribution in [0, 0.1) is 0 Å². The minimum Gasteiger partial charge on any atom is -0.494 e. The highest BCUT2D eigenvalue weighted by Gasteiger charge is 2.28. The van der Waals surface area contributed by atoms with Crippen molar-refractivity contribution in [3.63, 3.8) is 0 Å². The van der Waals surface area contributed by atoms with Gasteiger partial charge in [-0.3, -0.25) is 4.99 Å². The lowest BCUT2D eigenvalue weighted by Gasteiger charge is -2.18. The van der Waals surface area contributed by atoms with Crippen LogP contribution < -0.4 is 0 Å². The van der Waals surface area contributed by atoms with Crippen LogP contribution in [0.5, 0.6) is 5.88 Å². The lowest BCUT2D eigenvalue weighted by molar-refractivity contribution is -0.141. The fourth-order valence-electron chi connectivity index (χ4n) is 3.60. The first-order valence-corrected chi connectivity index (χ1v) is 9.33. The maximum absolute atomic E-state index is 11.9. The molecule has 2 atom stereocenters. The summed E-state index contributed by atoms with van der Waals surface area (Å²) in [5, 5.41) is 21.2. The number of rotatable bonds is 6. The molecule has 4 rings (SSSR count). The normalized spacial score (nSPS) is 16.0. The molecule has 1 aliphatic rings. The number of hydrogen-bond donors (Lipinski definition) is 3. The molecule has 1 aliphatic heterocycles. The Hall–Kier alpha value is -3.16. The zero-order valence-electron chi connectivity index (χ0n) is 16.2. The van der Waals surface area contributed by atoms with Crippen molar-refractivity contribution >= 4 is 22.6 Å². The fraction of sp³-hybridized carbons (Fsp3) is 0.273. The lowest BCUT2D eigenvalue weighted by atomic mass is 9.97. The Kier molecular flexibility index (Phi) is 5.08. The first-order valence-electron chi connectivity index (χ1n) is 9.33. The van der Waals surface area contributed by atoms with Gasteiger partial charge < -0.3 is 24.7 Å². The molecule has 0 saturated heterocycles. The molecular weight excluding hydrogens is 372 g/mol. The van der Waals surface area contributed by atoms with E-state index in [1.54, 1.807) is 6.92 Å². The topological polar surface area (TPSA) is 104 Å². The third-order valence-electron chi connectivity index (χ3n) is 5.26. The molecule has 150 valence electrons. The molecule has 0 bridgehead atoms. The number of methoxy groups -OCH3 is 1. The van der Waals surface area contributed by atoms with Crippen LogP contribution in [0.15, 0.2) is 47.5 Å². The summed E-state index contributed by atoms with van der Waals surface area (Å²) >= 11 is 0. The van der Waals surface area contributed by atoms with Crippen LogP contribution in [0.3, 0.4) is 0 Å². The molecule has 7 nitrogen and oxygen atoms in total. The number of aromatic amines is 1. The van der Waals surface area contributed by atoms with Crippen LogP contribution in [-0.4, -0.2) is 46.1 Å². The first kappa shape index (κ1) is 19.2. The SMILES string of the molecule is COC(C)C(N=C(c1ccc2c(c1)COC2)c1c(O)[nH]c2ccccc12)C(=O)O. The van der Waals surface area contributed by atoms with E-state index in [9.17, 15) is 15.0 Å². The Morgan fingerprint density at radius 2 is 1.97 bits per heavy atom. The van der Waals surface area contributed by atoms with Crippen molar-refractivity contribution in [2.75, 3.05) is 7.11 Å². The van der Waals surface area contributed by atoms with Gasteiger partial charge in [0, 0.05) is 23.6 Å². The quantitative estimate of drug-likeness (QED) is 0.557. The molecule has 29 heavy (non-hydrogen) atoms. The maximum Gasteiger partial charge on any atom is 0.331 e. The van der Waals surface area contributed by atoms with E-state index in [0.29, 0.717) is 30.1 Å². The number of aromatic hydroxyl groups is 1. The molecule has 0 amide bonds. The van der Waals surface area contributed by atoms with Gasteiger partial charge in [-0.15, -0.1) is 0 Å². The first-order chi connectivity index (χ1) is 14.0. The van der Waals surface area contributed by atoms with Gasteiger partial charge in [0.2, 0.25) is 0 Å². The third kappa shape index (κ3) is 3.50. The number of aliphatic carboxylic acids is 1. The highest BCUT2D eigenvalue weighted by atomic mass is 16.5. The van der Waals surface area contributed by atoms with Gasteiger partial charge in [-0.2, -0.15) is 0 Å². The minimum absolute atomic E-state index is 0.0593. The average Bonchev–Trinajstić information content (AvgIpc) is 3.31. The number of aromatic nitrogens is 1. The van der Waals surface area contributed by atoms with Gasteiger partial charge in [0.15, 0.2) is 11.9 Å². The number of H-pyrrole nitrogens is 1. The van der Waals surface area contributed by atoms with Crippen LogP contribution in [0.4, 0.5) is 0 Å². The monoisotopic (exact) mass is 394 g/mol. The van der Waals surface area contributed by atoms with Gasteiger partial charge in [-0.1, -0.05) is 30.3 Å². The second-order valence-corrected chi connectivity index (χ2v) is 7.07. The van der Waals surface area contributed by atoms with Crippen LogP contribution >= 0.6 is 0 Å². The fourth-order valence-corrected chi connectivity index (χ4v) is 3.60. The van der Waals surface area contributed by atoms with E-state index < -0.39 is 18.1 Å². The van der Waals surface area contributed by atoms with Crippen molar-refractivity contribution in [3.05, 3.63) is 64.7 Å². The van der Waals surface area contributed by atoms with Gasteiger partial charge in [0.25, 0.3) is 0 Å². The maximum atomic E-state index is 11.9. The number of hydrogen-bond acceptors (Lipinski definition) is 5. The molecule has 0 spiro atoms. The highest BCUT2D eigenvalue weighted by molar-refractivity contribution is 6.21. The smallest absolute Gasteiger partial charge is 0.331 e. The largest absolute Gasteiger partial charge is 0.494 e. The molecule has 2 aromatic carbocycles. The van der Waals surface area contributed by atoms with Gasteiger partial charge in [-0.05, 0) is 30.2 Å². The van der Waals surface area contributed by atoms with E-state index in [0.717, 1.165) is 22.0 Å². The van der Waals surface area contributed by atoms with E-state index in [1.165, 1.54) is 7.11 Å². The number of ether oxygens (including phenoxy) is 2. The summed E-state index contributed by atoms with van der Waals surface area (Å²) in [6, 6.07) is 12.1. The number of para-hydroxylation sites is 1. The summed E-state index contributed by atoms with van der Waals surface area (Å²) in [5.74, 6) is -1.16. The summed E-state index contributed by atoms with van der Waals surface area (Å²) in [4.78, 5) is 19.4. The van der Waals surface area contributed by atoms with Gasteiger partial charge in [0.1, 0.15) is 0 Å². The number of carboxylic acids is 1. The number of fused-ring (bicyclic) bond motifs is 2.